The van der Waals surface area contributed by atoms with Gasteiger partial charge in [0, 0.05) is 6.42 Å². The Balaban J connectivity index is 2.81. The highest BCUT2D eigenvalue weighted by Crippen LogP contribution is 2.13. The summed E-state index contributed by atoms with van der Waals surface area (Å²) >= 11 is 0. The summed E-state index contributed by atoms with van der Waals surface area (Å²) in [7, 11) is 0. The molecular weight excluding hydrogens is 185 g/mol. The van der Waals surface area contributed by atoms with Gasteiger partial charge in [0.25, 0.3) is 0 Å². The van der Waals surface area contributed by atoms with Gasteiger partial charge in [-0.05, 0) is 12.5 Å². The molecule has 0 heterocycles. The molecule has 3 nitrogen and oxygen atoms in total. The maximum absolute atomic E-state index is 12.3. The number of nitrogens with one attached hydrogen (secondary N) is 1. The summed E-state index contributed by atoms with van der Waals surface area (Å²) in [6.07, 6.45) is 0.111. The fraction of sp³-hybridized carbons (Fsp3) is 0.300. The van der Waals surface area contributed by atoms with Gasteiger partial charge < -0.3 is 5.11 Å². The van der Waals surface area contributed by atoms with Crippen LogP contribution in [-0.4, -0.2) is 16.6 Å². The van der Waals surface area contributed by atoms with Crippen molar-refractivity contribution in [2.24, 2.45) is 0 Å². The molecule has 0 bridgehead atoms. The lowest BCUT2D eigenvalue weighted by atomic mass is 9.94. The van der Waals surface area contributed by atoms with Gasteiger partial charge in [0.15, 0.2) is 0 Å². The number of benzene rings is 1. The van der Waals surface area contributed by atoms with Crippen molar-refractivity contribution in [2.75, 3.05) is 0 Å². The first-order chi connectivity index (χ1) is 6.58. The molecule has 0 amide bonds. The van der Waals surface area contributed by atoms with Gasteiger partial charge in [-0.15, -0.1) is 10.0 Å². The van der Waals surface area contributed by atoms with Gasteiger partial charge >= 0.3 is 5.97 Å². The third-order valence-corrected chi connectivity index (χ3v) is 2.08. The second kappa shape index (κ2) is 4.19. The van der Waals surface area contributed by atoms with Crippen LogP contribution < -0.4 is 5.54 Å². The fourth-order valence-electron chi connectivity index (χ4n) is 1.15. The summed E-state index contributed by atoms with van der Waals surface area (Å²) < 4.78 is 12.3. The second-order valence-electron chi connectivity index (χ2n) is 3.39. The number of rotatable bonds is 4. The van der Waals surface area contributed by atoms with E-state index in [1.54, 1.807) is 24.3 Å². The van der Waals surface area contributed by atoms with Gasteiger partial charge in [-0.3, -0.25) is 4.79 Å². The first-order valence-corrected chi connectivity index (χ1v) is 4.23. The van der Waals surface area contributed by atoms with Gasteiger partial charge in [0.05, 0.1) is 0 Å². The van der Waals surface area contributed by atoms with Crippen LogP contribution in [0.25, 0.3) is 0 Å². The molecule has 1 atom stereocenters. The van der Waals surface area contributed by atoms with Crippen molar-refractivity contribution < 1.29 is 14.4 Å². The van der Waals surface area contributed by atoms with Crippen LogP contribution in [-0.2, 0) is 11.2 Å². The Kier molecular flexibility index (Phi) is 3.19. The van der Waals surface area contributed by atoms with Gasteiger partial charge in [0.1, 0.15) is 5.54 Å². The van der Waals surface area contributed by atoms with E-state index in [0.717, 1.165) is 5.56 Å². The monoisotopic (exact) mass is 197 g/mol. The quantitative estimate of drug-likeness (QED) is 0.720. The van der Waals surface area contributed by atoms with Crippen molar-refractivity contribution in [1.82, 2.24) is 5.54 Å². The molecule has 2 N–H and O–H groups in total. The minimum atomic E-state index is -1.55. The lowest BCUT2D eigenvalue weighted by Crippen LogP contribution is -2.47. The fourth-order valence-corrected chi connectivity index (χ4v) is 1.15. The largest absolute Gasteiger partial charge is 0.480 e. The molecule has 76 valence electrons. The maximum Gasteiger partial charge on any atom is 0.326 e. The molecule has 0 aliphatic rings. The Morgan fingerprint density at radius 3 is 2.50 bits per heavy atom. The Bertz CT molecular complexity index is 315. The highest BCUT2D eigenvalue weighted by Gasteiger charge is 2.33. The van der Waals surface area contributed by atoms with Crippen LogP contribution in [0.1, 0.15) is 12.5 Å². The molecule has 0 aliphatic carbocycles. The molecule has 1 rings (SSSR count). The van der Waals surface area contributed by atoms with Gasteiger partial charge in [-0.1, -0.05) is 30.3 Å². The van der Waals surface area contributed by atoms with E-state index in [9.17, 15) is 9.28 Å². The lowest BCUT2D eigenvalue weighted by Gasteiger charge is -2.21. The van der Waals surface area contributed by atoms with E-state index in [4.69, 9.17) is 5.11 Å². The first-order valence-electron chi connectivity index (χ1n) is 4.23. The third-order valence-electron chi connectivity index (χ3n) is 2.08. The average Bonchev–Trinajstić information content (AvgIpc) is 2.19. The Hall–Kier alpha value is -1.42. The van der Waals surface area contributed by atoms with Crippen LogP contribution in [0.5, 0.6) is 0 Å². The van der Waals surface area contributed by atoms with Crippen molar-refractivity contribution >= 4 is 5.97 Å². The smallest absolute Gasteiger partial charge is 0.326 e. The Labute approximate surface area is 81.5 Å². The van der Waals surface area contributed by atoms with E-state index < -0.39 is 11.5 Å². The number of aliphatic carboxylic acids is 1. The molecular formula is C10H12FNO2. The van der Waals surface area contributed by atoms with Crippen LogP contribution in [0.4, 0.5) is 4.48 Å². The number of carbonyl (C=O) groups is 1. The minimum absolute atomic E-state index is 0.111. The van der Waals surface area contributed by atoms with Crippen molar-refractivity contribution in [3.63, 3.8) is 0 Å². The van der Waals surface area contributed by atoms with E-state index in [1.165, 1.54) is 12.5 Å². The summed E-state index contributed by atoms with van der Waals surface area (Å²) in [5.74, 6) is -1.20. The Morgan fingerprint density at radius 2 is 2.07 bits per heavy atom. The highest BCUT2D eigenvalue weighted by atomic mass is 19.2. The predicted molar refractivity (Wildman–Crippen MR) is 50.4 cm³/mol. The second-order valence-corrected chi connectivity index (χ2v) is 3.39. The molecule has 1 aromatic carbocycles. The zero-order chi connectivity index (χ0) is 10.6. The van der Waals surface area contributed by atoms with Crippen molar-refractivity contribution in [3.8, 4) is 0 Å². The minimum Gasteiger partial charge on any atom is -0.480 e. The SMILES string of the molecule is C[C@@](Cc1ccccc1)(NF)C(=O)O. The maximum atomic E-state index is 12.3. The summed E-state index contributed by atoms with van der Waals surface area (Å²) in [5.41, 5.74) is 0.553. The molecule has 1 aromatic rings. The van der Waals surface area contributed by atoms with E-state index >= 15 is 0 Å². The number of hydrogen-bond donors (Lipinski definition) is 2. The molecule has 0 fully saturated rings. The van der Waals surface area contributed by atoms with Gasteiger partial charge in [-0.25, -0.2) is 0 Å². The summed E-state index contributed by atoms with van der Waals surface area (Å²) in [6, 6.07) is 8.92. The highest BCUT2D eigenvalue weighted by molar-refractivity contribution is 5.78. The van der Waals surface area contributed by atoms with Gasteiger partial charge in [-0.2, -0.15) is 0 Å². The zero-order valence-corrected chi connectivity index (χ0v) is 7.83. The third kappa shape index (κ3) is 2.29. The van der Waals surface area contributed by atoms with Crippen LogP contribution in [0.2, 0.25) is 0 Å². The van der Waals surface area contributed by atoms with E-state index in [0.29, 0.717) is 0 Å². The number of hydrogen-bond acceptors (Lipinski definition) is 2. The zero-order valence-electron chi connectivity index (χ0n) is 7.83. The summed E-state index contributed by atoms with van der Waals surface area (Å²) in [6.45, 7) is 1.31. The average molecular weight is 197 g/mol. The predicted octanol–water partition coefficient (Wildman–Crippen LogP) is 1.55. The molecule has 4 heteroatoms. The molecule has 0 aliphatic heterocycles. The van der Waals surface area contributed by atoms with E-state index in [1.807, 2.05) is 6.07 Å². The van der Waals surface area contributed by atoms with Crippen LogP contribution >= 0.6 is 0 Å². The summed E-state index contributed by atoms with van der Waals surface area (Å²) in [5, 5.41) is 8.79. The molecule has 0 spiro atoms. The first kappa shape index (κ1) is 10.7. The molecule has 0 saturated heterocycles. The molecule has 14 heavy (non-hydrogen) atoms. The van der Waals surface area contributed by atoms with Crippen LogP contribution in [0, 0.1) is 0 Å². The van der Waals surface area contributed by atoms with E-state index in [2.05, 4.69) is 0 Å². The number of carboxylic acid groups (broad SMARTS) is 1. The molecule has 0 unspecified atom stereocenters. The Morgan fingerprint density at radius 1 is 1.50 bits per heavy atom. The van der Waals surface area contributed by atoms with Crippen molar-refractivity contribution in [3.05, 3.63) is 35.9 Å². The number of carboxylic acids is 1. The summed E-state index contributed by atoms with van der Waals surface area (Å²) in [4.78, 5) is 10.8. The lowest BCUT2D eigenvalue weighted by molar-refractivity contribution is -0.146. The van der Waals surface area contributed by atoms with Crippen molar-refractivity contribution in [1.29, 1.82) is 0 Å². The molecule has 0 radical (unpaired) electrons. The molecule has 0 aromatic heterocycles. The van der Waals surface area contributed by atoms with Gasteiger partial charge in [0.2, 0.25) is 0 Å². The number of halogens is 1. The van der Waals surface area contributed by atoms with Crippen LogP contribution in [0.3, 0.4) is 0 Å². The topological polar surface area (TPSA) is 49.3 Å². The standard InChI is InChI=1S/C10H12FNO2/c1-10(12-11,9(13)14)7-8-5-3-2-4-6-8/h2-6,12H,7H2,1H3,(H,13,14)/t10-/m0/s1. The van der Waals surface area contributed by atoms with Crippen molar-refractivity contribution in [2.45, 2.75) is 18.9 Å². The normalized spacial score (nSPS) is 14.7. The van der Waals surface area contributed by atoms with Crippen LogP contribution in [0.15, 0.2) is 30.3 Å². The van der Waals surface area contributed by atoms with E-state index in [-0.39, 0.29) is 6.42 Å². The molecule has 0 saturated carbocycles.